The zero-order valence-electron chi connectivity index (χ0n) is 9.73. The van der Waals surface area contributed by atoms with Crippen LogP contribution in [0.2, 0.25) is 0 Å². The van der Waals surface area contributed by atoms with Crippen LogP contribution in [0.1, 0.15) is 12.5 Å². The monoisotopic (exact) mass is 242 g/mol. The molecule has 4 heteroatoms. The lowest BCUT2D eigenvalue weighted by atomic mass is 10.1. The first-order valence-corrected chi connectivity index (χ1v) is 5.69. The molecule has 0 amide bonds. The molecule has 3 rings (SSSR count). The maximum Gasteiger partial charge on any atom is 0.347 e. The Hall–Kier alpha value is -2.36. The Bertz CT molecular complexity index is 855. The number of aryl methyl sites for hydroxylation is 1. The van der Waals surface area contributed by atoms with Crippen LogP contribution in [0.5, 0.6) is 0 Å². The van der Waals surface area contributed by atoms with Crippen LogP contribution in [0, 0.1) is 0 Å². The van der Waals surface area contributed by atoms with E-state index in [1.54, 1.807) is 30.3 Å². The molecule has 18 heavy (non-hydrogen) atoms. The molecule has 0 aliphatic heterocycles. The molecule has 0 aliphatic rings. The van der Waals surface area contributed by atoms with Crippen molar-refractivity contribution in [3.05, 3.63) is 56.7 Å². The average Bonchev–Trinajstić information content (AvgIpc) is 2.38. The van der Waals surface area contributed by atoms with Crippen molar-refractivity contribution in [1.29, 1.82) is 0 Å². The van der Waals surface area contributed by atoms with Crippen molar-refractivity contribution in [1.82, 2.24) is 0 Å². The molecule has 4 nitrogen and oxygen atoms in total. The van der Waals surface area contributed by atoms with E-state index >= 15 is 0 Å². The Morgan fingerprint density at radius 2 is 1.78 bits per heavy atom. The van der Waals surface area contributed by atoms with E-state index in [2.05, 4.69) is 0 Å². The third-order valence-electron chi connectivity index (χ3n) is 2.96. The van der Waals surface area contributed by atoms with E-state index < -0.39 is 11.3 Å². The van der Waals surface area contributed by atoms with Crippen LogP contribution in [0.25, 0.3) is 21.9 Å². The van der Waals surface area contributed by atoms with E-state index in [4.69, 9.17) is 8.83 Å². The lowest BCUT2D eigenvalue weighted by Crippen LogP contribution is -2.09. The molecule has 3 aromatic rings. The van der Waals surface area contributed by atoms with Crippen LogP contribution in [-0.4, -0.2) is 0 Å². The summed E-state index contributed by atoms with van der Waals surface area (Å²) in [6, 6.07) is 8.55. The first-order chi connectivity index (χ1) is 8.70. The van der Waals surface area contributed by atoms with E-state index in [0.717, 1.165) is 0 Å². The second kappa shape index (κ2) is 3.84. The standard InChI is InChI=1S/C14H10O4/c1-2-8-7-10-12(18-13(8)15)9-5-3-4-6-11(9)17-14(10)16/h3-7H,2H2,1H3. The minimum absolute atomic E-state index is 0.295. The van der Waals surface area contributed by atoms with Crippen LogP contribution >= 0.6 is 0 Å². The smallest absolute Gasteiger partial charge is 0.347 e. The molecular formula is C14H10O4. The molecule has 90 valence electrons. The molecule has 0 aliphatic carbocycles. The van der Waals surface area contributed by atoms with Crippen LogP contribution < -0.4 is 11.3 Å². The highest BCUT2D eigenvalue weighted by molar-refractivity contribution is 6.00. The Morgan fingerprint density at radius 1 is 1.00 bits per heavy atom. The van der Waals surface area contributed by atoms with Gasteiger partial charge in [-0.15, -0.1) is 0 Å². The van der Waals surface area contributed by atoms with Crippen molar-refractivity contribution in [3.8, 4) is 0 Å². The van der Waals surface area contributed by atoms with E-state index in [-0.39, 0.29) is 0 Å². The molecule has 0 radical (unpaired) electrons. The van der Waals surface area contributed by atoms with E-state index in [1.165, 1.54) is 0 Å². The van der Waals surface area contributed by atoms with Gasteiger partial charge in [0.05, 0.1) is 5.39 Å². The van der Waals surface area contributed by atoms with Crippen molar-refractivity contribution in [2.24, 2.45) is 0 Å². The van der Waals surface area contributed by atoms with Gasteiger partial charge < -0.3 is 8.83 Å². The van der Waals surface area contributed by atoms with Gasteiger partial charge in [0.25, 0.3) is 0 Å². The summed E-state index contributed by atoms with van der Waals surface area (Å²) in [5, 5.41) is 0.942. The third kappa shape index (κ3) is 1.46. The minimum Gasteiger partial charge on any atom is -0.422 e. The zero-order valence-corrected chi connectivity index (χ0v) is 9.73. The lowest BCUT2D eigenvalue weighted by molar-refractivity contribution is 0.537. The molecule has 1 aromatic carbocycles. The topological polar surface area (TPSA) is 60.4 Å². The Morgan fingerprint density at radius 3 is 2.56 bits per heavy atom. The number of rotatable bonds is 1. The van der Waals surface area contributed by atoms with E-state index in [1.807, 2.05) is 6.92 Å². The van der Waals surface area contributed by atoms with Gasteiger partial charge in [-0.3, -0.25) is 0 Å². The van der Waals surface area contributed by atoms with Crippen molar-refractivity contribution in [2.45, 2.75) is 13.3 Å². The molecule has 0 atom stereocenters. The van der Waals surface area contributed by atoms with Gasteiger partial charge in [0.2, 0.25) is 0 Å². The van der Waals surface area contributed by atoms with Crippen molar-refractivity contribution >= 4 is 21.9 Å². The van der Waals surface area contributed by atoms with Crippen LogP contribution in [0.3, 0.4) is 0 Å². The van der Waals surface area contributed by atoms with Gasteiger partial charge in [0.15, 0.2) is 5.58 Å². The van der Waals surface area contributed by atoms with Crippen LogP contribution in [-0.2, 0) is 6.42 Å². The summed E-state index contributed by atoms with van der Waals surface area (Å²) in [6.07, 6.45) is 0.518. The average molecular weight is 242 g/mol. The molecule has 2 aromatic heterocycles. The molecular weight excluding hydrogens is 232 g/mol. The molecule has 0 fully saturated rings. The normalized spacial score (nSPS) is 11.2. The first kappa shape index (κ1) is 10.8. The van der Waals surface area contributed by atoms with E-state index in [0.29, 0.717) is 33.9 Å². The first-order valence-electron chi connectivity index (χ1n) is 5.69. The third-order valence-corrected chi connectivity index (χ3v) is 2.96. The predicted octanol–water partition coefficient (Wildman–Crippen LogP) is 2.46. The van der Waals surface area contributed by atoms with E-state index in [9.17, 15) is 9.59 Å². The summed E-state index contributed by atoms with van der Waals surface area (Å²) in [4.78, 5) is 23.6. The predicted molar refractivity (Wildman–Crippen MR) is 67.9 cm³/mol. The molecule has 0 N–H and O–H groups in total. The van der Waals surface area contributed by atoms with Gasteiger partial charge in [-0.25, -0.2) is 9.59 Å². The van der Waals surface area contributed by atoms with Gasteiger partial charge >= 0.3 is 11.3 Å². The van der Waals surface area contributed by atoms with Crippen LogP contribution in [0.4, 0.5) is 0 Å². The summed E-state index contributed by atoms with van der Waals surface area (Å²) in [6.45, 7) is 1.83. The maximum atomic E-state index is 11.8. The Kier molecular flexibility index (Phi) is 2.30. The van der Waals surface area contributed by atoms with Crippen molar-refractivity contribution < 1.29 is 8.83 Å². The summed E-state index contributed by atoms with van der Waals surface area (Å²) >= 11 is 0. The van der Waals surface area contributed by atoms with Gasteiger partial charge in [-0.1, -0.05) is 19.1 Å². The molecule has 0 spiro atoms. The SMILES string of the molecule is CCc1cc2c(=O)oc3ccccc3c2oc1=O. The number of fused-ring (bicyclic) bond motifs is 3. The summed E-state index contributed by atoms with van der Waals surface area (Å²) < 4.78 is 10.5. The zero-order chi connectivity index (χ0) is 12.7. The fourth-order valence-electron chi connectivity index (χ4n) is 2.01. The number of hydrogen-bond donors (Lipinski definition) is 0. The Balaban J connectivity index is 2.61. The second-order valence-electron chi connectivity index (χ2n) is 4.04. The summed E-state index contributed by atoms with van der Waals surface area (Å²) in [7, 11) is 0. The lowest BCUT2D eigenvalue weighted by Gasteiger charge is -2.02. The highest BCUT2D eigenvalue weighted by atomic mass is 16.4. The molecule has 2 heterocycles. The summed E-state index contributed by atoms with van der Waals surface area (Å²) in [5.74, 6) is 0. The minimum atomic E-state index is -0.484. The number of hydrogen-bond acceptors (Lipinski definition) is 4. The van der Waals surface area contributed by atoms with Gasteiger partial charge in [-0.05, 0) is 24.6 Å². The molecule has 0 bridgehead atoms. The Labute approximate surface area is 101 Å². The van der Waals surface area contributed by atoms with Gasteiger partial charge in [-0.2, -0.15) is 0 Å². The highest BCUT2D eigenvalue weighted by Gasteiger charge is 2.12. The van der Waals surface area contributed by atoms with Crippen molar-refractivity contribution in [3.63, 3.8) is 0 Å². The fourth-order valence-corrected chi connectivity index (χ4v) is 2.01. The van der Waals surface area contributed by atoms with Crippen molar-refractivity contribution in [2.75, 3.05) is 0 Å². The molecule has 0 unspecified atom stereocenters. The summed E-state index contributed by atoms with van der Waals surface area (Å²) in [5.41, 5.74) is 0.305. The largest absolute Gasteiger partial charge is 0.422 e. The number of para-hydroxylation sites is 1. The fraction of sp³-hybridized carbons (Fsp3) is 0.143. The maximum absolute atomic E-state index is 11.8. The quantitative estimate of drug-likeness (QED) is 0.485. The second-order valence-corrected chi connectivity index (χ2v) is 4.04. The number of benzene rings is 1. The van der Waals surface area contributed by atoms with Gasteiger partial charge in [0.1, 0.15) is 11.0 Å². The highest BCUT2D eigenvalue weighted by Crippen LogP contribution is 2.21. The van der Waals surface area contributed by atoms with Crippen LogP contribution in [0.15, 0.2) is 48.8 Å². The molecule has 0 saturated heterocycles. The van der Waals surface area contributed by atoms with Gasteiger partial charge in [0, 0.05) is 5.56 Å². The molecule has 0 saturated carbocycles.